The summed E-state index contributed by atoms with van der Waals surface area (Å²) >= 11 is 0. The number of aliphatic hydroxyl groups is 1. The molecule has 0 aromatic carbocycles. The Labute approximate surface area is 175 Å². The van der Waals surface area contributed by atoms with Crippen molar-refractivity contribution in [3.05, 3.63) is 0 Å². The fourth-order valence-corrected chi connectivity index (χ4v) is 9.38. The summed E-state index contributed by atoms with van der Waals surface area (Å²) in [5.74, 6) is 5.85. The molecule has 9 atom stereocenters. The van der Waals surface area contributed by atoms with E-state index in [2.05, 4.69) is 34.6 Å². The van der Waals surface area contributed by atoms with Gasteiger partial charge in [0.25, 0.3) is 0 Å². The third-order valence-electron chi connectivity index (χ3n) is 10.8. The van der Waals surface area contributed by atoms with Crippen LogP contribution in [0, 0.1) is 52.3 Å². The Morgan fingerprint density at radius 2 is 1.57 bits per heavy atom. The van der Waals surface area contributed by atoms with Crippen molar-refractivity contribution in [1.29, 1.82) is 0 Å². The molecular weight excluding hydrogens is 340 g/mol. The minimum atomic E-state index is -0.0172. The lowest BCUT2D eigenvalue weighted by Gasteiger charge is -2.62. The van der Waals surface area contributed by atoms with Crippen LogP contribution in [0.5, 0.6) is 0 Å². The van der Waals surface area contributed by atoms with Gasteiger partial charge in [-0.25, -0.2) is 0 Å². The molecule has 0 amide bonds. The second-order valence-corrected chi connectivity index (χ2v) is 12.6. The van der Waals surface area contributed by atoms with Gasteiger partial charge in [0.2, 0.25) is 0 Å². The van der Waals surface area contributed by atoms with Crippen LogP contribution in [0.4, 0.5) is 0 Å². The van der Waals surface area contributed by atoms with Crippen molar-refractivity contribution in [3.8, 4) is 0 Å². The quantitative estimate of drug-likeness (QED) is 0.518. The number of rotatable bonds is 5. The van der Waals surface area contributed by atoms with Gasteiger partial charge in [0, 0.05) is 0 Å². The molecule has 0 bridgehead atoms. The maximum absolute atomic E-state index is 11.2. The number of hydrogen-bond acceptors (Lipinski definition) is 1. The largest absolute Gasteiger partial charge is 0.393 e. The highest BCUT2D eigenvalue weighted by Gasteiger charge is 2.61. The number of hydrogen-bond donors (Lipinski definition) is 1. The van der Waals surface area contributed by atoms with Gasteiger partial charge >= 0.3 is 0 Å². The van der Waals surface area contributed by atoms with Crippen LogP contribution < -0.4 is 0 Å². The van der Waals surface area contributed by atoms with E-state index in [1.54, 1.807) is 0 Å². The van der Waals surface area contributed by atoms with Crippen LogP contribution in [-0.2, 0) is 0 Å². The average molecular weight is 389 g/mol. The van der Waals surface area contributed by atoms with Crippen molar-refractivity contribution in [2.75, 3.05) is 0 Å². The highest BCUT2D eigenvalue weighted by molar-refractivity contribution is 5.10. The van der Waals surface area contributed by atoms with Crippen LogP contribution in [0.15, 0.2) is 0 Å². The summed E-state index contributed by atoms with van der Waals surface area (Å²) < 4.78 is 0. The third-order valence-corrected chi connectivity index (χ3v) is 10.8. The highest BCUT2D eigenvalue weighted by atomic mass is 16.3. The Kier molecular flexibility index (Phi) is 5.98. The zero-order valence-corrected chi connectivity index (χ0v) is 19.6. The Bertz CT molecular complexity index is 540. The molecule has 0 aromatic heterocycles. The van der Waals surface area contributed by atoms with Gasteiger partial charge in [-0.3, -0.25) is 0 Å². The second-order valence-electron chi connectivity index (χ2n) is 12.6. The Hall–Kier alpha value is -0.0400. The first-order valence-corrected chi connectivity index (χ1v) is 13.0. The average Bonchev–Trinajstić information content (AvgIpc) is 2.99. The molecule has 4 rings (SSSR count). The van der Waals surface area contributed by atoms with Gasteiger partial charge in [-0.2, -0.15) is 0 Å². The molecule has 4 fully saturated rings. The van der Waals surface area contributed by atoms with Crippen molar-refractivity contribution < 1.29 is 5.11 Å². The molecule has 0 heterocycles. The van der Waals surface area contributed by atoms with E-state index in [9.17, 15) is 5.11 Å². The maximum Gasteiger partial charge on any atom is 0.0576 e. The van der Waals surface area contributed by atoms with Gasteiger partial charge in [0.15, 0.2) is 0 Å². The Morgan fingerprint density at radius 3 is 2.32 bits per heavy atom. The normalized spacial score (nSPS) is 49.4. The van der Waals surface area contributed by atoms with Gasteiger partial charge in [-0.15, -0.1) is 0 Å². The van der Waals surface area contributed by atoms with Crippen LogP contribution in [-0.4, -0.2) is 11.2 Å². The summed E-state index contributed by atoms with van der Waals surface area (Å²) in [6.45, 7) is 12.6. The summed E-state index contributed by atoms with van der Waals surface area (Å²) in [6.07, 6.45) is 16.6. The SMILES string of the molecule is CC(C)CCC[C@@H](C)C1CCC2C3CC(O)[C@H]4CCCCC4(C)C3CCC21C. The monoisotopic (exact) mass is 388 g/mol. The van der Waals surface area contributed by atoms with E-state index in [0.717, 1.165) is 41.9 Å². The van der Waals surface area contributed by atoms with E-state index >= 15 is 0 Å². The van der Waals surface area contributed by atoms with Crippen molar-refractivity contribution >= 4 is 0 Å². The molecular formula is C27H48O. The molecule has 0 aromatic rings. The van der Waals surface area contributed by atoms with Gasteiger partial charge in [-0.1, -0.05) is 66.7 Å². The van der Waals surface area contributed by atoms with Crippen LogP contribution in [0.3, 0.4) is 0 Å². The topological polar surface area (TPSA) is 20.2 Å². The van der Waals surface area contributed by atoms with Crippen molar-refractivity contribution in [1.82, 2.24) is 0 Å². The molecule has 4 aliphatic rings. The standard InChI is InChI=1S/C27H48O/c1-18(2)9-8-10-19(3)21-12-13-22-20-17-25(28)24-11-6-7-15-26(24,4)23(20)14-16-27(21,22)5/h18-25,28H,6-17H2,1-5H3/t19-,20?,21?,22?,23?,24-,25?,26?,27?/m1/s1. The van der Waals surface area contributed by atoms with Crippen molar-refractivity contribution in [3.63, 3.8) is 0 Å². The first-order chi connectivity index (χ1) is 13.3. The lowest BCUT2D eigenvalue weighted by molar-refractivity contribution is -0.159. The molecule has 0 radical (unpaired) electrons. The van der Waals surface area contributed by atoms with E-state index in [1.807, 2.05) is 0 Å². The van der Waals surface area contributed by atoms with Crippen LogP contribution >= 0.6 is 0 Å². The van der Waals surface area contributed by atoms with Gasteiger partial charge in [0.05, 0.1) is 6.10 Å². The highest BCUT2D eigenvalue weighted by Crippen LogP contribution is 2.68. The predicted molar refractivity (Wildman–Crippen MR) is 119 cm³/mol. The van der Waals surface area contributed by atoms with Gasteiger partial charge < -0.3 is 5.11 Å². The lowest BCUT2D eigenvalue weighted by atomic mass is 9.44. The second kappa shape index (κ2) is 7.90. The van der Waals surface area contributed by atoms with Crippen molar-refractivity contribution in [2.24, 2.45) is 52.3 Å². The van der Waals surface area contributed by atoms with E-state index in [0.29, 0.717) is 16.7 Å². The summed E-state index contributed by atoms with van der Waals surface area (Å²) in [5.41, 5.74) is 0.985. The van der Waals surface area contributed by atoms with E-state index in [-0.39, 0.29) is 6.10 Å². The number of fused-ring (bicyclic) bond motifs is 5. The maximum atomic E-state index is 11.2. The molecule has 0 spiro atoms. The molecule has 7 unspecified atom stereocenters. The molecule has 1 nitrogen and oxygen atoms in total. The molecule has 0 aliphatic heterocycles. The minimum Gasteiger partial charge on any atom is -0.393 e. The first kappa shape index (κ1) is 21.2. The van der Waals surface area contributed by atoms with Crippen LogP contribution in [0.1, 0.15) is 112 Å². The van der Waals surface area contributed by atoms with Gasteiger partial charge in [-0.05, 0) is 97.2 Å². The van der Waals surface area contributed by atoms with E-state index in [4.69, 9.17) is 0 Å². The van der Waals surface area contributed by atoms with E-state index < -0.39 is 0 Å². The fraction of sp³-hybridized carbons (Fsp3) is 1.00. The predicted octanol–water partition coefficient (Wildman–Crippen LogP) is 7.47. The summed E-state index contributed by atoms with van der Waals surface area (Å²) in [7, 11) is 0. The zero-order valence-electron chi connectivity index (χ0n) is 19.6. The Morgan fingerprint density at radius 1 is 0.821 bits per heavy atom. The molecule has 4 aliphatic carbocycles. The molecule has 4 saturated carbocycles. The smallest absolute Gasteiger partial charge is 0.0576 e. The third kappa shape index (κ3) is 3.40. The molecule has 162 valence electrons. The zero-order chi connectivity index (χ0) is 20.1. The van der Waals surface area contributed by atoms with Gasteiger partial charge in [0.1, 0.15) is 0 Å². The molecule has 0 saturated heterocycles. The lowest BCUT2D eigenvalue weighted by Crippen LogP contribution is -2.57. The summed E-state index contributed by atoms with van der Waals surface area (Å²) in [6, 6.07) is 0. The summed E-state index contributed by atoms with van der Waals surface area (Å²) in [5, 5.41) is 11.2. The van der Waals surface area contributed by atoms with E-state index in [1.165, 1.54) is 70.6 Å². The fourth-order valence-electron chi connectivity index (χ4n) is 9.38. The molecule has 1 heteroatoms. The van der Waals surface area contributed by atoms with Crippen LogP contribution in [0.25, 0.3) is 0 Å². The number of aliphatic hydroxyl groups excluding tert-OH is 1. The van der Waals surface area contributed by atoms with Crippen molar-refractivity contribution in [2.45, 2.75) is 118 Å². The molecule has 28 heavy (non-hydrogen) atoms. The first-order valence-electron chi connectivity index (χ1n) is 13.0. The van der Waals surface area contributed by atoms with Crippen LogP contribution in [0.2, 0.25) is 0 Å². The summed E-state index contributed by atoms with van der Waals surface area (Å²) in [4.78, 5) is 0. The molecule has 1 N–H and O–H groups in total. The minimum absolute atomic E-state index is 0.0172. The Balaban J connectivity index is 1.49.